The van der Waals surface area contributed by atoms with Crippen molar-refractivity contribution in [2.24, 2.45) is 0 Å². The van der Waals surface area contributed by atoms with Crippen LogP contribution in [0.4, 0.5) is 0 Å². The number of amides is 2. The number of rotatable bonds is 5. The Morgan fingerprint density at radius 1 is 1.11 bits per heavy atom. The van der Waals surface area contributed by atoms with Crippen LogP contribution in [0.1, 0.15) is 41.5 Å². The standard InChI is InChI=1S/C21H22N4O2/c26-19(12-13-22-21(27)15-7-2-1-3-8-15)25-14-6-11-18(25)20-23-16-9-4-5-10-17(16)24-20/h1-5,7-10,18H,6,11-14H2,(H,22,27)(H,23,24). The molecule has 1 aliphatic heterocycles. The molecule has 6 nitrogen and oxygen atoms in total. The highest BCUT2D eigenvalue weighted by Gasteiger charge is 2.31. The average Bonchev–Trinajstić information content (AvgIpc) is 3.35. The molecule has 3 aromatic rings. The van der Waals surface area contributed by atoms with Crippen LogP contribution in [0.5, 0.6) is 0 Å². The summed E-state index contributed by atoms with van der Waals surface area (Å²) < 4.78 is 0. The maximum atomic E-state index is 12.7. The van der Waals surface area contributed by atoms with Gasteiger partial charge in [-0.3, -0.25) is 9.59 Å². The minimum absolute atomic E-state index is 0.0188. The molecular formula is C21H22N4O2. The predicted octanol–water partition coefficient (Wildman–Crippen LogP) is 3.05. The molecule has 0 radical (unpaired) electrons. The zero-order valence-electron chi connectivity index (χ0n) is 15.0. The van der Waals surface area contributed by atoms with Gasteiger partial charge in [-0.05, 0) is 37.1 Å². The highest BCUT2D eigenvalue weighted by molar-refractivity contribution is 5.94. The van der Waals surface area contributed by atoms with Crippen molar-refractivity contribution >= 4 is 22.8 Å². The topological polar surface area (TPSA) is 78.1 Å². The molecule has 27 heavy (non-hydrogen) atoms. The van der Waals surface area contributed by atoms with Crippen molar-refractivity contribution in [3.8, 4) is 0 Å². The number of benzene rings is 2. The van der Waals surface area contributed by atoms with E-state index in [1.807, 2.05) is 47.4 Å². The number of nitrogens with one attached hydrogen (secondary N) is 2. The Morgan fingerprint density at radius 2 is 1.89 bits per heavy atom. The lowest BCUT2D eigenvalue weighted by Gasteiger charge is -2.23. The average molecular weight is 362 g/mol. The van der Waals surface area contributed by atoms with Gasteiger partial charge in [-0.2, -0.15) is 0 Å². The number of para-hydroxylation sites is 2. The van der Waals surface area contributed by atoms with Crippen molar-refractivity contribution in [2.75, 3.05) is 13.1 Å². The highest BCUT2D eigenvalue weighted by Crippen LogP contribution is 2.31. The maximum Gasteiger partial charge on any atom is 0.251 e. The van der Waals surface area contributed by atoms with E-state index in [4.69, 9.17) is 0 Å². The molecule has 0 aliphatic carbocycles. The molecule has 1 fully saturated rings. The van der Waals surface area contributed by atoms with Crippen LogP contribution in [-0.2, 0) is 4.79 Å². The number of imidazole rings is 1. The van der Waals surface area contributed by atoms with Crippen LogP contribution < -0.4 is 5.32 Å². The number of aromatic nitrogens is 2. The number of hydrogen-bond donors (Lipinski definition) is 2. The Kier molecular flexibility index (Phi) is 4.87. The predicted molar refractivity (Wildman–Crippen MR) is 103 cm³/mol. The Bertz CT molecular complexity index is 918. The summed E-state index contributed by atoms with van der Waals surface area (Å²) >= 11 is 0. The number of fused-ring (bicyclic) bond motifs is 1. The third-order valence-corrected chi connectivity index (χ3v) is 4.96. The molecule has 1 atom stereocenters. The molecular weight excluding hydrogens is 340 g/mol. The number of aromatic amines is 1. The van der Waals surface area contributed by atoms with E-state index in [1.165, 1.54) is 0 Å². The smallest absolute Gasteiger partial charge is 0.251 e. The Morgan fingerprint density at radius 3 is 2.70 bits per heavy atom. The molecule has 6 heteroatoms. The summed E-state index contributed by atoms with van der Waals surface area (Å²) in [5.74, 6) is 0.736. The molecule has 0 saturated carbocycles. The molecule has 1 aromatic heterocycles. The van der Waals surface area contributed by atoms with E-state index in [1.54, 1.807) is 12.1 Å². The number of carbonyl (C=O) groups excluding carboxylic acids is 2. The third kappa shape index (κ3) is 3.69. The van der Waals surface area contributed by atoms with E-state index >= 15 is 0 Å². The molecule has 1 aliphatic rings. The molecule has 0 bridgehead atoms. The van der Waals surface area contributed by atoms with E-state index < -0.39 is 0 Å². The van der Waals surface area contributed by atoms with Gasteiger partial charge >= 0.3 is 0 Å². The lowest BCUT2D eigenvalue weighted by atomic mass is 10.2. The van der Waals surface area contributed by atoms with Gasteiger partial charge in [-0.1, -0.05) is 30.3 Å². The molecule has 2 N–H and O–H groups in total. The van der Waals surface area contributed by atoms with E-state index in [-0.39, 0.29) is 24.3 Å². The fraction of sp³-hybridized carbons (Fsp3) is 0.286. The van der Waals surface area contributed by atoms with Crippen LogP contribution in [0.3, 0.4) is 0 Å². The second kappa shape index (κ2) is 7.61. The number of hydrogen-bond acceptors (Lipinski definition) is 3. The van der Waals surface area contributed by atoms with Crippen molar-refractivity contribution in [3.63, 3.8) is 0 Å². The molecule has 0 spiro atoms. The van der Waals surface area contributed by atoms with Crippen molar-refractivity contribution in [1.29, 1.82) is 0 Å². The summed E-state index contributed by atoms with van der Waals surface area (Å²) in [7, 11) is 0. The second-order valence-corrected chi connectivity index (χ2v) is 6.76. The first-order chi connectivity index (χ1) is 13.2. The van der Waals surface area contributed by atoms with Gasteiger partial charge in [0.25, 0.3) is 5.91 Å². The first-order valence-electron chi connectivity index (χ1n) is 9.30. The van der Waals surface area contributed by atoms with Gasteiger partial charge in [0.2, 0.25) is 5.91 Å². The number of nitrogens with zero attached hydrogens (tertiary/aromatic N) is 2. The molecule has 138 valence electrons. The largest absolute Gasteiger partial charge is 0.352 e. The molecule has 2 aromatic carbocycles. The molecule has 1 saturated heterocycles. The van der Waals surface area contributed by atoms with E-state index in [0.717, 1.165) is 36.2 Å². The summed E-state index contributed by atoms with van der Waals surface area (Å²) in [5.41, 5.74) is 2.51. The molecule has 2 amide bonds. The zero-order valence-corrected chi connectivity index (χ0v) is 15.0. The minimum atomic E-state index is -0.154. The van der Waals surface area contributed by atoms with E-state index in [2.05, 4.69) is 15.3 Å². The van der Waals surface area contributed by atoms with Gasteiger partial charge in [0.15, 0.2) is 0 Å². The van der Waals surface area contributed by atoms with E-state index in [9.17, 15) is 9.59 Å². The summed E-state index contributed by atoms with van der Waals surface area (Å²) in [5, 5.41) is 2.82. The number of carbonyl (C=O) groups is 2. The van der Waals surface area contributed by atoms with Gasteiger partial charge in [-0.15, -0.1) is 0 Å². The summed E-state index contributed by atoms with van der Waals surface area (Å²) in [4.78, 5) is 34.7. The van der Waals surface area contributed by atoms with Crippen molar-refractivity contribution < 1.29 is 9.59 Å². The number of H-pyrrole nitrogens is 1. The van der Waals surface area contributed by atoms with Gasteiger partial charge in [0, 0.05) is 25.1 Å². The monoisotopic (exact) mass is 362 g/mol. The van der Waals surface area contributed by atoms with Gasteiger partial charge in [0.1, 0.15) is 5.82 Å². The minimum Gasteiger partial charge on any atom is -0.352 e. The van der Waals surface area contributed by atoms with Crippen LogP contribution >= 0.6 is 0 Å². The highest BCUT2D eigenvalue weighted by atomic mass is 16.2. The maximum absolute atomic E-state index is 12.7. The van der Waals surface area contributed by atoms with Crippen molar-refractivity contribution in [1.82, 2.24) is 20.2 Å². The van der Waals surface area contributed by atoms with Crippen LogP contribution in [0.15, 0.2) is 54.6 Å². The fourth-order valence-corrected chi connectivity index (χ4v) is 3.60. The Labute approximate surface area is 157 Å². The zero-order chi connectivity index (χ0) is 18.6. The summed E-state index contributed by atoms with van der Waals surface area (Å²) in [6.45, 7) is 1.06. The third-order valence-electron chi connectivity index (χ3n) is 4.96. The second-order valence-electron chi connectivity index (χ2n) is 6.76. The fourth-order valence-electron chi connectivity index (χ4n) is 3.60. The summed E-state index contributed by atoms with van der Waals surface area (Å²) in [6.07, 6.45) is 2.15. The van der Waals surface area contributed by atoms with Gasteiger partial charge in [-0.25, -0.2) is 4.98 Å². The first-order valence-corrected chi connectivity index (χ1v) is 9.30. The first kappa shape index (κ1) is 17.3. The van der Waals surface area contributed by atoms with Crippen molar-refractivity contribution in [3.05, 3.63) is 66.0 Å². The normalized spacial score (nSPS) is 16.6. The summed E-state index contributed by atoms with van der Waals surface area (Å²) in [6, 6.07) is 16.9. The van der Waals surface area contributed by atoms with Crippen molar-refractivity contribution in [2.45, 2.75) is 25.3 Å². The van der Waals surface area contributed by atoms with Crippen LogP contribution in [0.25, 0.3) is 11.0 Å². The molecule has 1 unspecified atom stereocenters. The van der Waals surface area contributed by atoms with Crippen LogP contribution in [-0.4, -0.2) is 39.8 Å². The van der Waals surface area contributed by atoms with Gasteiger partial charge < -0.3 is 15.2 Å². The van der Waals surface area contributed by atoms with E-state index in [0.29, 0.717) is 12.1 Å². The molecule has 4 rings (SSSR count). The van der Waals surface area contributed by atoms with Crippen LogP contribution in [0.2, 0.25) is 0 Å². The van der Waals surface area contributed by atoms with Gasteiger partial charge in [0.05, 0.1) is 17.1 Å². The quantitative estimate of drug-likeness (QED) is 0.732. The molecule has 2 heterocycles. The Balaban J connectivity index is 1.37. The number of likely N-dealkylation sites (tertiary alicyclic amines) is 1. The lowest BCUT2D eigenvalue weighted by Crippen LogP contribution is -2.34. The van der Waals surface area contributed by atoms with Crippen LogP contribution in [0, 0.1) is 0 Å². The lowest BCUT2D eigenvalue weighted by molar-refractivity contribution is -0.132. The SMILES string of the molecule is O=C(NCCC(=O)N1CCCC1c1nc2ccccc2[nH]1)c1ccccc1. The Hall–Kier alpha value is -3.15.